The Morgan fingerprint density at radius 3 is 2.15 bits per heavy atom. The highest BCUT2D eigenvalue weighted by Gasteiger charge is 2.16. The van der Waals surface area contributed by atoms with Crippen molar-refractivity contribution in [1.29, 1.82) is 0 Å². The van der Waals surface area contributed by atoms with Crippen LogP contribution in [-0.2, 0) is 11.2 Å². The fraction of sp³-hybridized carbons (Fsp3) is 0.364. The summed E-state index contributed by atoms with van der Waals surface area (Å²) in [5.41, 5.74) is 8.79. The summed E-state index contributed by atoms with van der Waals surface area (Å²) in [5, 5.41) is 6.18. The molecule has 0 aromatic heterocycles. The van der Waals surface area contributed by atoms with Gasteiger partial charge in [-0.2, -0.15) is 0 Å². The molecule has 0 heterocycles. The smallest absolute Gasteiger partial charge is 0.248 e. The van der Waals surface area contributed by atoms with Crippen molar-refractivity contribution in [1.82, 2.24) is 5.32 Å². The summed E-state index contributed by atoms with van der Waals surface area (Å²) in [7, 11) is 0. The first-order chi connectivity index (χ1) is 12.9. The molecule has 5 nitrogen and oxygen atoms in total. The molecule has 5 heteroatoms. The number of carbonyl (C=O) groups excluding carboxylic acids is 2. The Balaban J connectivity index is 1.94. The van der Waals surface area contributed by atoms with Gasteiger partial charge in [-0.1, -0.05) is 51.5 Å². The molecule has 0 aliphatic heterocycles. The quantitative estimate of drug-likeness (QED) is 0.632. The zero-order valence-electron chi connectivity index (χ0n) is 16.3. The summed E-state index contributed by atoms with van der Waals surface area (Å²) in [6.45, 7) is 6.65. The van der Waals surface area contributed by atoms with Gasteiger partial charge in [0.15, 0.2) is 0 Å². The molecule has 0 bridgehead atoms. The second-order valence-corrected chi connectivity index (χ2v) is 7.08. The van der Waals surface area contributed by atoms with Gasteiger partial charge >= 0.3 is 0 Å². The van der Waals surface area contributed by atoms with Crippen molar-refractivity contribution >= 4 is 17.5 Å². The molecule has 0 unspecified atom stereocenters. The summed E-state index contributed by atoms with van der Waals surface area (Å²) in [6, 6.07) is 15.2. The SMILES string of the molecule is CCCc1ccc([C@H](NCC(=O)Nc2ccc(C(N)=O)cc2)C(C)C)cc1. The first-order valence-electron chi connectivity index (χ1n) is 9.42. The van der Waals surface area contributed by atoms with Gasteiger partial charge in [0.25, 0.3) is 0 Å². The molecule has 2 amide bonds. The first-order valence-corrected chi connectivity index (χ1v) is 9.42. The predicted molar refractivity (Wildman–Crippen MR) is 110 cm³/mol. The van der Waals surface area contributed by atoms with Crippen LogP contribution in [0.3, 0.4) is 0 Å². The van der Waals surface area contributed by atoms with Gasteiger partial charge in [0.2, 0.25) is 11.8 Å². The normalized spacial score (nSPS) is 12.0. The van der Waals surface area contributed by atoms with Crippen molar-refractivity contribution in [3.05, 3.63) is 65.2 Å². The van der Waals surface area contributed by atoms with Gasteiger partial charge in [0, 0.05) is 17.3 Å². The van der Waals surface area contributed by atoms with Gasteiger partial charge in [-0.25, -0.2) is 0 Å². The number of rotatable bonds is 9. The van der Waals surface area contributed by atoms with E-state index in [9.17, 15) is 9.59 Å². The minimum absolute atomic E-state index is 0.101. The Bertz CT molecular complexity index is 752. The fourth-order valence-corrected chi connectivity index (χ4v) is 3.04. The lowest BCUT2D eigenvalue weighted by Gasteiger charge is -2.23. The Labute approximate surface area is 161 Å². The Morgan fingerprint density at radius 1 is 1.00 bits per heavy atom. The molecule has 4 N–H and O–H groups in total. The van der Waals surface area contributed by atoms with Gasteiger partial charge in [0.1, 0.15) is 0 Å². The van der Waals surface area contributed by atoms with Gasteiger partial charge in [-0.15, -0.1) is 0 Å². The highest BCUT2D eigenvalue weighted by atomic mass is 16.2. The van der Waals surface area contributed by atoms with E-state index in [0.717, 1.165) is 12.8 Å². The van der Waals surface area contributed by atoms with E-state index in [-0.39, 0.29) is 18.5 Å². The van der Waals surface area contributed by atoms with E-state index in [1.54, 1.807) is 24.3 Å². The van der Waals surface area contributed by atoms with Crippen LogP contribution in [0.25, 0.3) is 0 Å². The van der Waals surface area contributed by atoms with Crippen LogP contribution in [0.4, 0.5) is 5.69 Å². The third kappa shape index (κ3) is 6.22. The van der Waals surface area contributed by atoms with Crippen LogP contribution in [0, 0.1) is 5.92 Å². The minimum Gasteiger partial charge on any atom is -0.366 e. The van der Waals surface area contributed by atoms with Crippen LogP contribution in [0.1, 0.15) is 54.7 Å². The summed E-state index contributed by atoms with van der Waals surface area (Å²) in [6.07, 6.45) is 2.21. The Hall–Kier alpha value is -2.66. The van der Waals surface area contributed by atoms with Gasteiger partial charge in [-0.05, 0) is 47.7 Å². The van der Waals surface area contributed by atoms with E-state index in [1.807, 2.05) is 0 Å². The number of amides is 2. The summed E-state index contributed by atoms with van der Waals surface area (Å²) in [5.74, 6) is -0.265. The van der Waals surface area contributed by atoms with E-state index in [2.05, 4.69) is 55.7 Å². The van der Waals surface area contributed by atoms with Crippen LogP contribution >= 0.6 is 0 Å². The number of primary amides is 1. The van der Waals surface area contributed by atoms with E-state index in [0.29, 0.717) is 17.2 Å². The molecular weight excluding hydrogens is 338 g/mol. The summed E-state index contributed by atoms with van der Waals surface area (Å²) < 4.78 is 0. The van der Waals surface area contributed by atoms with Crippen LogP contribution in [-0.4, -0.2) is 18.4 Å². The number of hydrogen-bond donors (Lipinski definition) is 3. The lowest BCUT2D eigenvalue weighted by atomic mass is 9.94. The van der Waals surface area contributed by atoms with Crippen molar-refractivity contribution < 1.29 is 9.59 Å². The molecule has 144 valence electrons. The maximum atomic E-state index is 12.3. The van der Waals surface area contributed by atoms with Crippen molar-refractivity contribution in [2.24, 2.45) is 11.7 Å². The third-order valence-corrected chi connectivity index (χ3v) is 4.48. The average molecular weight is 367 g/mol. The van der Waals surface area contributed by atoms with Gasteiger partial charge < -0.3 is 16.4 Å². The Kier molecular flexibility index (Phi) is 7.55. The highest BCUT2D eigenvalue weighted by molar-refractivity contribution is 5.95. The molecule has 0 spiro atoms. The Morgan fingerprint density at radius 2 is 1.63 bits per heavy atom. The van der Waals surface area contributed by atoms with Crippen LogP contribution < -0.4 is 16.4 Å². The van der Waals surface area contributed by atoms with Crippen molar-refractivity contribution in [3.63, 3.8) is 0 Å². The number of nitrogens with two attached hydrogens (primary N) is 1. The van der Waals surface area contributed by atoms with E-state index >= 15 is 0 Å². The maximum Gasteiger partial charge on any atom is 0.248 e. The number of aryl methyl sites for hydroxylation is 1. The minimum atomic E-state index is -0.487. The average Bonchev–Trinajstić information content (AvgIpc) is 2.63. The number of anilines is 1. The number of carbonyl (C=O) groups is 2. The van der Waals surface area contributed by atoms with Crippen LogP contribution in [0.15, 0.2) is 48.5 Å². The molecule has 27 heavy (non-hydrogen) atoms. The summed E-state index contributed by atoms with van der Waals surface area (Å²) >= 11 is 0. The molecule has 0 saturated carbocycles. The van der Waals surface area contributed by atoms with Crippen molar-refractivity contribution in [2.45, 2.75) is 39.7 Å². The lowest BCUT2D eigenvalue weighted by molar-refractivity contribution is -0.115. The fourth-order valence-electron chi connectivity index (χ4n) is 3.04. The number of benzene rings is 2. The first kappa shape index (κ1) is 20.6. The maximum absolute atomic E-state index is 12.3. The predicted octanol–water partition coefficient (Wildman–Crippen LogP) is 3.66. The second kappa shape index (κ2) is 9.88. The van der Waals surface area contributed by atoms with Gasteiger partial charge in [0.05, 0.1) is 6.54 Å². The van der Waals surface area contributed by atoms with Gasteiger partial charge in [-0.3, -0.25) is 9.59 Å². The topological polar surface area (TPSA) is 84.2 Å². The molecular formula is C22H29N3O2. The summed E-state index contributed by atoms with van der Waals surface area (Å²) in [4.78, 5) is 23.4. The number of nitrogens with one attached hydrogen (secondary N) is 2. The monoisotopic (exact) mass is 367 g/mol. The largest absolute Gasteiger partial charge is 0.366 e. The highest BCUT2D eigenvalue weighted by Crippen LogP contribution is 2.22. The molecule has 0 aliphatic carbocycles. The molecule has 2 rings (SSSR count). The molecule has 1 atom stereocenters. The zero-order valence-corrected chi connectivity index (χ0v) is 16.3. The molecule has 0 aliphatic rings. The van der Waals surface area contributed by atoms with Crippen LogP contribution in [0.2, 0.25) is 0 Å². The third-order valence-electron chi connectivity index (χ3n) is 4.48. The van der Waals surface area contributed by atoms with E-state index in [4.69, 9.17) is 5.73 Å². The molecule has 2 aromatic rings. The standard InChI is InChI=1S/C22H29N3O2/c1-4-5-16-6-8-17(9-7-16)21(15(2)3)24-14-20(26)25-19-12-10-18(11-13-19)22(23)27/h6-13,15,21,24H,4-5,14H2,1-3H3,(H2,23,27)(H,25,26)/t21-/m1/s1. The zero-order chi connectivity index (χ0) is 19.8. The van der Waals surface area contributed by atoms with Crippen LogP contribution in [0.5, 0.6) is 0 Å². The molecule has 0 fully saturated rings. The number of hydrogen-bond acceptors (Lipinski definition) is 3. The molecule has 2 aromatic carbocycles. The lowest BCUT2D eigenvalue weighted by Crippen LogP contribution is -2.33. The van der Waals surface area contributed by atoms with Crippen molar-refractivity contribution in [2.75, 3.05) is 11.9 Å². The van der Waals surface area contributed by atoms with E-state index < -0.39 is 5.91 Å². The molecule has 0 radical (unpaired) electrons. The van der Waals surface area contributed by atoms with E-state index in [1.165, 1.54) is 11.1 Å². The second-order valence-electron chi connectivity index (χ2n) is 7.08. The van der Waals surface area contributed by atoms with Crippen molar-refractivity contribution in [3.8, 4) is 0 Å². The molecule has 0 saturated heterocycles.